The lowest BCUT2D eigenvalue weighted by Gasteiger charge is -2.34. The first-order valence-electron chi connectivity index (χ1n) is 7.34. The molecule has 2 fully saturated rings. The van der Waals surface area contributed by atoms with E-state index in [1.165, 1.54) is 0 Å². The highest BCUT2D eigenvalue weighted by Gasteiger charge is 2.26. The Labute approximate surface area is 118 Å². The van der Waals surface area contributed by atoms with Gasteiger partial charge in [0.25, 0.3) is 5.56 Å². The number of aryl methyl sites for hydroxylation is 1. The van der Waals surface area contributed by atoms with E-state index in [9.17, 15) is 4.79 Å². The Hall–Kier alpha value is -1.40. The number of piperidine rings is 1. The molecular formula is C14H22N4O2. The van der Waals surface area contributed by atoms with Crippen molar-refractivity contribution in [3.05, 3.63) is 22.7 Å². The van der Waals surface area contributed by atoms with Gasteiger partial charge in [-0.25, -0.2) is 4.98 Å². The van der Waals surface area contributed by atoms with Crippen LogP contribution in [0.5, 0.6) is 0 Å². The van der Waals surface area contributed by atoms with Crippen molar-refractivity contribution < 1.29 is 4.74 Å². The Morgan fingerprint density at radius 3 is 3.10 bits per heavy atom. The number of anilines is 1. The summed E-state index contributed by atoms with van der Waals surface area (Å²) in [6.45, 7) is 3.42. The number of hydrogen-bond donors (Lipinski definition) is 1. The first-order chi connectivity index (χ1) is 9.74. The molecule has 0 aliphatic carbocycles. The lowest BCUT2D eigenvalue weighted by Crippen LogP contribution is -2.50. The van der Waals surface area contributed by atoms with Crippen molar-refractivity contribution in [2.75, 3.05) is 31.2 Å². The van der Waals surface area contributed by atoms with Crippen molar-refractivity contribution in [3.8, 4) is 0 Å². The van der Waals surface area contributed by atoms with Gasteiger partial charge in [-0.1, -0.05) is 0 Å². The highest BCUT2D eigenvalue weighted by molar-refractivity contribution is 5.36. The lowest BCUT2D eigenvalue weighted by atomic mass is 10.0. The van der Waals surface area contributed by atoms with Crippen LogP contribution in [0.3, 0.4) is 0 Å². The van der Waals surface area contributed by atoms with Crippen LogP contribution in [0, 0.1) is 0 Å². The average Bonchev–Trinajstić information content (AvgIpc) is 2.95. The van der Waals surface area contributed by atoms with Gasteiger partial charge in [-0.2, -0.15) is 0 Å². The summed E-state index contributed by atoms with van der Waals surface area (Å²) in [5.41, 5.74) is -0.0163. The molecule has 0 radical (unpaired) electrons. The molecule has 0 bridgehead atoms. The predicted molar refractivity (Wildman–Crippen MR) is 77.1 cm³/mol. The van der Waals surface area contributed by atoms with Gasteiger partial charge in [0.1, 0.15) is 0 Å². The van der Waals surface area contributed by atoms with Gasteiger partial charge < -0.3 is 19.5 Å². The molecule has 1 aromatic rings. The van der Waals surface area contributed by atoms with Crippen LogP contribution >= 0.6 is 0 Å². The van der Waals surface area contributed by atoms with E-state index in [0.29, 0.717) is 17.9 Å². The standard InChI is InChI=1S/C14H22N4O2/c1-17-7-5-15-13(14(17)19)18-6-2-3-11(9-18)16-12-4-8-20-10-12/h5,7,11-12,16H,2-4,6,8-10H2,1H3/t11-,12+/m0/s1. The van der Waals surface area contributed by atoms with E-state index in [1.54, 1.807) is 24.0 Å². The predicted octanol–water partition coefficient (Wildman–Crippen LogP) is 0.128. The molecular weight excluding hydrogens is 256 g/mol. The third-order valence-electron chi connectivity index (χ3n) is 4.12. The number of aromatic nitrogens is 2. The first kappa shape index (κ1) is 13.6. The summed E-state index contributed by atoms with van der Waals surface area (Å²) in [5, 5.41) is 3.65. The Bertz CT molecular complexity index is 510. The maximum Gasteiger partial charge on any atom is 0.293 e. The molecule has 6 heteroatoms. The van der Waals surface area contributed by atoms with Gasteiger partial charge in [0.15, 0.2) is 5.82 Å². The molecule has 6 nitrogen and oxygen atoms in total. The van der Waals surface area contributed by atoms with Crippen LogP contribution < -0.4 is 15.8 Å². The quantitative estimate of drug-likeness (QED) is 0.851. The van der Waals surface area contributed by atoms with Crippen LogP contribution in [0.1, 0.15) is 19.3 Å². The molecule has 0 saturated carbocycles. The molecule has 3 heterocycles. The Balaban J connectivity index is 1.68. The van der Waals surface area contributed by atoms with E-state index in [4.69, 9.17) is 4.74 Å². The van der Waals surface area contributed by atoms with Crippen LogP contribution in [0.15, 0.2) is 17.2 Å². The van der Waals surface area contributed by atoms with Gasteiger partial charge in [0.2, 0.25) is 0 Å². The third-order valence-corrected chi connectivity index (χ3v) is 4.12. The van der Waals surface area contributed by atoms with Crippen LogP contribution in [-0.4, -0.2) is 47.9 Å². The van der Waals surface area contributed by atoms with Crippen LogP contribution in [0.25, 0.3) is 0 Å². The molecule has 110 valence electrons. The largest absolute Gasteiger partial charge is 0.380 e. The monoisotopic (exact) mass is 278 g/mol. The summed E-state index contributed by atoms with van der Waals surface area (Å²) >= 11 is 0. The molecule has 0 amide bonds. The fraction of sp³-hybridized carbons (Fsp3) is 0.714. The van der Waals surface area contributed by atoms with Crippen molar-refractivity contribution >= 4 is 5.82 Å². The van der Waals surface area contributed by atoms with Gasteiger partial charge >= 0.3 is 0 Å². The Kier molecular flexibility index (Phi) is 4.03. The normalized spacial score (nSPS) is 26.9. The first-order valence-corrected chi connectivity index (χ1v) is 7.34. The minimum atomic E-state index is -0.0163. The van der Waals surface area contributed by atoms with Crippen molar-refractivity contribution in [1.29, 1.82) is 0 Å². The van der Waals surface area contributed by atoms with Crippen molar-refractivity contribution in [2.24, 2.45) is 7.05 Å². The van der Waals surface area contributed by atoms with Gasteiger partial charge in [-0.15, -0.1) is 0 Å². The number of nitrogens with one attached hydrogen (secondary N) is 1. The summed E-state index contributed by atoms with van der Waals surface area (Å²) in [7, 11) is 1.77. The zero-order chi connectivity index (χ0) is 13.9. The molecule has 1 aromatic heterocycles. The van der Waals surface area contributed by atoms with E-state index < -0.39 is 0 Å². The smallest absolute Gasteiger partial charge is 0.293 e. The van der Waals surface area contributed by atoms with E-state index in [-0.39, 0.29) is 5.56 Å². The number of rotatable bonds is 3. The molecule has 2 aliphatic heterocycles. The zero-order valence-corrected chi connectivity index (χ0v) is 11.9. The lowest BCUT2D eigenvalue weighted by molar-refractivity contribution is 0.187. The van der Waals surface area contributed by atoms with Crippen molar-refractivity contribution in [1.82, 2.24) is 14.9 Å². The topological polar surface area (TPSA) is 59.4 Å². The van der Waals surface area contributed by atoms with Gasteiger partial charge in [0.05, 0.1) is 6.61 Å². The molecule has 0 unspecified atom stereocenters. The fourth-order valence-corrected chi connectivity index (χ4v) is 3.01. The minimum Gasteiger partial charge on any atom is -0.380 e. The number of ether oxygens (including phenoxy) is 1. The molecule has 2 saturated heterocycles. The van der Waals surface area contributed by atoms with E-state index in [1.807, 2.05) is 0 Å². The maximum atomic E-state index is 12.1. The van der Waals surface area contributed by atoms with Gasteiger partial charge in [-0.3, -0.25) is 4.79 Å². The molecule has 3 rings (SSSR count). The molecule has 1 N–H and O–H groups in total. The van der Waals surface area contributed by atoms with Crippen LogP contribution in [-0.2, 0) is 11.8 Å². The second kappa shape index (κ2) is 5.93. The van der Waals surface area contributed by atoms with Crippen molar-refractivity contribution in [3.63, 3.8) is 0 Å². The minimum absolute atomic E-state index is 0.0163. The van der Waals surface area contributed by atoms with Crippen molar-refractivity contribution in [2.45, 2.75) is 31.3 Å². The van der Waals surface area contributed by atoms with Gasteiger partial charge in [-0.05, 0) is 19.3 Å². The molecule has 2 aliphatic rings. The van der Waals surface area contributed by atoms with E-state index in [2.05, 4.69) is 15.2 Å². The summed E-state index contributed by atoms with van der Waals surface area (Å²) in [4.78, 5) is 18.5. The maximum absolute atomic E-state index is 12.1. The number of hydrogen-bond acceptors (Lipinski definition) is 5. The second-order valence-corrected chi connectivity index (χ2v) is 5.68. The Morgan fingerprint density at radius 1 is 1.40 bits per heavy atom. The highest BCUT2D eigenvalue weighted by atomic mass is 16.5. The molecule has 20 heavy (non-hydrogen) atoms. The van der Waals surface area contributed by atoms with Crippen LogP contribution in [0.4, 0.5) is 5.82 Å². The van der Waals surface area contributed by atoms with E-state index in [0.717, 1.165) is 45.6 Å². The average molecular weight is 278 g/mol. The summed E-state index contributed by atoms with van der Waals surface area (Å²) in [6, 6.07) is 0.883. The number of nitrogens with zero attached hydrogens (tertiary/aromatic N) is 3. The summed E-state index contributed by atoms with van der Waals surface area (Å²) < 4.78 is 6.99. The molecule has 2 atom stereocenters. The zero-order valence-electron chi connectivity index (χ0n) is 11.9. The molecule has 0 aromatic carbocycles. The Morgan fingerprint density at radius 2 is 2.30 bits per heavy atom. The van der Waals surface area contributed by atoms with Crippen LogP contribution in [0.2, 0.25) is 0 Å². The highest BCUT2D eigenvalue weighted by Crippen LogP contribution is 2.16. The second-order valence-electron chi connectivity index (χ2n) is 5.68. The van der Waals surface area contributed by atoms with Gasteiger partial charge in [0, 0.05) is 51.2 Å². The van der Waals surface area contributed by atoms with E-state index >= 15 is 0 Å². The fourth-order valence-electron chi connectivity index (χ4n) is 3.01. The summed E-state index contributed by atoms with van der Waals surface area (Å²) in [6.07, 6.45) is 6.72. The summed E-state index contributed by atoms with van der Waals surface area (Å²) in [5.74, 6) is 0.573. The molecule has 0 spiro atoms. The SMILES string of the molecule is Cn1ccnc(N2CCC[C@H](N[C@@H]3CCOC3)C2)c1=O. The third kappa shape index (κ3) is 2.86.